The molecule has 1 aromatic rings. The molecule has 4 nitrogen and oxygen atoms in total. The summed E-state index contributed by atoms with van der Waals surface area (Å²) in [5.41, 5.74) is 6.42. The number of anilines is 1. The molecular formula is C14H20N2O2. The Morgan fingerprint density at radius 1 is 1.44 bits per heavy atom. The minimum absolute atomic E-state index is 0.153. The van der Waals surface area contributed by atoms with E-state index in [9.17, 15) is 4.79 Å². The van der Waals surface area contributed by atoms with Gasteiger partial charge in [0.15, 0.2) is 0 Å². The van der Waals surface area contributed by atoms with Gasteiger partial charge in [0.05, 0.1) is 12.2 Å². The lowest BCUT2D eigenvalue weighted by atomic mass is 9.99. The summed E-state index contributed by atoms with van der Waals surface area (Å²) in [6.45, 7) is 3.96. The van der Waals surface area contributed by atoms with Gasteiger partial charge in [0.1, 0.15) is 12.4 Å². The molecule has 0 bridgehead atoms. The van der Waals surface area contributed by atoms with Gasteiger partial charge in [-0.1, -0.05) is 19.1 Å². The number of benzene rings is 1. The number of carbonyl (C=O) groups is 1. The molecule has 0 aliphatic carbocycles. The van der Waals surface area contributed by atoms with Crippen LogP contribution in [0.2, 0.25) is 0 Å². The normalized spacial score (nSPS) is 19.9. The molecule has 1 fully saturated rings. The number of para-hydroxylation sites is 2. The van der Waals surface area contributed by atoms with Crippen LogP contribution in [0.1, 0.15) is 19.8 Å². The molecule has 1 aliphatic rings. The maximum absolute atomic E-state index is 11.9. The maximum Gasteiger partial charge on any atom is 0.225 e. The topological polar surface area (TPSA) is 55.6 Å². The van der Waals surface area contributed by atoms with Crippen molar-refractivity contribution in [2.75, 3.05) is 25.4 Å². The second-order valence-electron chi connectivity index (χ2n) is 4.75. The van der Waals surface area contributed by atoms with Crippen LogP contribution in [-0.4, -0.2) is 30.5 Å². The van der Waals surface area contributed by atoms with Gasteiger partial charge in [-0.2, -0.15) is 0 Å². The van der Waals surface area contributed by atoms with Gasteiger partial charge >= 0.3 is 0 Å². The SMILES string of the molecule is CC1CCCN(CCOc2ccccc2N)C1=O. The Hall–Kier alpha value is -1.71. The second-order valence-corrected chi connectivity index (χ2v) is 4.75. The molecule has 1 aliphatic heterocycles. The number of piperidine rings is 1. The third-order valence-corrected chi connectivity index (χ3v) is 3.34. The van der Waals surface area contributed by atoms with Crippen LogP contribution in [0.4, 0.5) is 5.69 Å². The van der Waals surface area contributed by atoms with Gasteiger partial charge in [-0.05, 0) is 25.0 Å². The first-order chi connectivity index (χ1) is 8.68. The van der Waals surface area contributed by atoms with Crippen molar-refractivity contribution in [3.8, 4) is 5.75 Å². The van der Waals surface area contributed by atoms with Crippen molar-refractivity contribution in [3.63, 3.8) is 0 Å². The second kappa shape index (κ2) is 5.76. The first-order valence-corrected chi connectivity index (χ1v) is 6.44. The summed E-state index contributed by atoms with van der Waals surface area (Å²) >= 11 is 0. The minimum atomic E-state index is 0.153. The summed E-state index contributed by atoms with van der Waals surface area (Å²) in [4.78, 5) is 13.8. The zero-order valence-corrected chi connectivity index (χ0v) is 10.8. The van der Waals surface area contributed by atoms with Crippen molar-refractivity contribution < 1.29 is 9.53 Å². The number of nitrogens with zero attached hydrogens (tertiary/aromatic N) is 1. The number of nitrogen functional groups attached to an aromatic ring is 1. The average molecular weight is 248 g/mol. The third kappa shape index (κ3) is 2.94. The van der Waals surface area contributed by atoms with E-state index in [2.05, 4.69) is 0 Å². The summed E-state index contributed by atoms with van der Waals surface area (Å²) in [5, 5.41) is 0. The van der Waals surface area contributed by atoms with Gasteiger partial charge in [0, 0.05) is 12.5 Å². The predicted molar refractivity (Wildman–Crippen MR) is 71.3 cm³/mol. The number of hydrogen-bond acceptors (Lipinski definition) is 3. The van der Waals surface area contributed by atoms with Crippen molar-refractivity contribution in [1.82, 2.24) is 4.90 Å². The summed E-state index contributed by atoms with van der Waals surface area (Å²) in [5.74, 6) is 1.08. The number of rotatable bonds is 4. The Labute approximate surface area is 108 Å². The summed E-state index contributed by atoms with van der Waals surface area (Å²) in [7, 11) is 0. The van der Waals surface area contributed by atoms with Crippen LogP contribution in [-0.2, 0) is 4.79 Å². The molecule has 2 rings (SSSR count). The smallest absolute Gasteiger partial charge is 0.225 e. The lowest BCUT2D eigenvalue weighted by Crippen LogP contribution is -2.42. The van der Waals surface area contributed by atoms with Gasteiger partial charge in [-0.15, -0.1) is 0 Å². The van der Waals surface area contributed by atoms with E-state index >= 15 is 0 Å². The van der Waals surface area contributed by atoms with Crippen LogP contribution in [0.15, 0.2) is 24.3 Å². The van der Waals surface area contributed by atoms with Crippen LogP contribution in [0.25, 0.3) is 0 Å². The molecule has 1 aromatic carbocycles. The quantitative estimate of drug-likeness (QED) is 0.828. The summed E-state index contributed by atoms with van der Waals surface area (Å²) < 4.78 is 5.60. The summed E-state index contributed by atoms with van der Waals surface area (Å²) in [6.07, 6.45) is 2.09. The zero-order chi connectivity index (χ0) is 13.0. The molecule has 1 saturated heterocycles. The number of nitrogens with two attached hydrogens (primary N) is 1. The average Bonchev–Trinajstić information content (AvgIpc) is 2.37. The van der Waals surface area contributed by atoms with Gasteiger partial charge in [-0.25, -0.2) is 0 Å². The molecule has 0 spiro atoms. The summed E-state index contributed by atoms with van der Waals surface area (Å²) in [6, 6.07) is 7.41. The van der Waals surface area contributed by atoms with Crippen LogP contribution >= 0.6 is 0 Å². The van der Waals surface area contributed by atoms with E-state index in [0.29, 0.717) is 24.6 Å². The van der Waals surface area contributed by atoms with E-state index in [-0.39, 0.29) is 11.8 Å². The monoisotopic (exact) mass is 248 g/mol. The highest BCUT2D eigenvalue weighted by atomic mass is 16.5. The molecule has 4 heteroatoms. The van der Waals surface area contributed by atoms with E-state index in [4.69, 9.17) is 10.5 Å². The number of amides is 1. The van der Waals surface area contributed by atoms with Gasteiger partial charge in [0.2, 0.25) is 5.91 Å². The van der Waals surface area contributed by atoms with E-state index in [1.54, 1.807) is 0 Å². The fraction of sp³-hybridized carbons (Fsp3) is 0.500. The molecule has 1 atom stereocenters. The lowest BCUT2D eigenvalue weighted by Gasteiger charge is -2.30. The third-order valence-electron chi connectivity index (χ3n) is 3.34. The van der Waals surface area contributed by atoms with Crippen molar-refractivity contribution >= 4 is 11.6 Å². The molecule has 0 aromatic heterocycles. The predicted octanol–water partition coefficient (Wildman–Crippen LogP) is 1.91. The first kappa shape index (κ1) is 12.7. The fourth-order valence-electron chi connectivity index (χ4n) is 2.23. The van der Waals surface area contributed by atoms with Crippen LogP contribution in [0.5, 0.6) is 5.75 Å². The number of ether oxygens (including phenoxy) is 1. The van der Waals surface area contributed by atoms with Crippen molar-refractivity contribution in [3.05, 3.63) is 24.3 Å². The van der Waals surface area contributed by atoms with E-state index in [1.165, 1.54) is 0 Å². The van der Waals surface area contributed by atoms with Gasteiger partial charge in [-0.3, -0.25) is 4.79 Å². The molecular weight excluding hydrogens is 228 g/mol. The lowest BCUT2D eigenvalue weighted by molar-refractivity contribution is -0.138. The van der Waals surface area contributed by atoms with Crippen molar-refractivity contribution in [1.29, 1.82) is 0 Å². The van der Waals surface area contributed by atoms with E-state index < -0.39 is 0 Å². The highest BCUT2D eigenvalue weighted by Gasteiger charge is 2.24. The Morgan fingerprint density at radius 3 is 3.00 bits per heavy atom. The highest BCUT2D eigenvalue weighted by molar-refractivity contribution is 5.79. The Kier molecular flexibility index (Phi) is 4.07. The molecule has 1 heterocycles. The van der Waals surface area contributed by atoms with Crippen molar-refractivity contribution in [2.45, 2.75) is 19.8 Å². The zero-order valence-electron chi connectivity index (χ0n) is 10.8. The molecule has 18 heavy (non-hydrogen) atoms. The number of carbonyl (C=O) groups excluding carboxylic acids is 1. The highest BCUT2D eigenvalue weighted by Crippen LogP contribution is 2.20. The van der Waals surface area contributed by atoms with Gasteiger partial charge < -0.3 is 15.4 Å². The standard InChI is InChI=1S/C14H20N2O2/c1-11-5-4-8-16(14(11)17)9-10-18-13-7-3-2-6-12(13)15/h2-3,6-7,11H,4-5,8-10,15H2,1H3. The first-order valence-electron chi connectivity index (χ1n) is 6.44. The fourth-order valence-corrected chi connectivity index (χ4v) is 2.23. The van der Waals surface area contributed by atoms with Crippen LogP contribution in [0, 0.1) is 5.92 Å². The van der Waals surface area contributed by atoms with Gasteiger partial charge in [0.25, 0.3) is 0 Å². The molecule has 1 unspecified atom stereocenters. The molecule has 2 N–H and O–H groups in total. The molecule has 98 valence electrons. The largest absolute Gasteiger partial charge is 0.490 e. The number of hydrogen-bond donors (Lipinski definition) is 1. The molecule has 0 radical (unpaired) electrons. The Bertz CT molecular complexity index is 420. The van der Waals surface area contributed by atoms with Crippen LogP contribution in [0.3, 0.4) is 0 Å². The van der Waals surface area contributed by atoms with Crippen molar-refractivity contribution in [2.24, 2.45) is 5.92 Å². The number of likely N-dealkylation sites (tertiary alicyclic amines) is 1. The Morgan fingerprint density at radius 2 is 2.22 bits per heavy atom. The Balaban J connectivity index is 1.82. The van der Waals surface area contributed by atoms with E-state index in [0.717, 1.165) is 19.4 Å². The minimum Gasteiger partial charge on any atom is -0.490 e. The maximum atomic E-state index is 11.9. The molecule has 1 amide bonds. The van der Waals surface area contributed by atoms with E-state index in [1.807, 2.05) is 36.1 Å². The van der Waals surface area contributed by atoms with Crippen LogP contribution < -0.4 is 10.5 Å². The molecule has 0 saturated carbocycles.